The zero-order valence-corrected chi connectivity index (χ0v) is 13.8. The molecule has 3 rings (SSSR count). The Kier molecular flexibility index (Phi) is 4.11. The highest BCUT2D eigenvalue weighted by Gasteiger charge is 2.19. The average molecular weight is 348 g/mol. The molecule has 1 aromatic heterocycles. The zero-order chi connectivity index (χ0) is 16.4. The van der Waals surface area contributed by atoms with Gasteiger partial charge in [-0.15, -0.1) is 0 Å². The van der Waals surface area contributed by atoms with Crippen molar-refractivity contribution >= 4 is 27.3 Å². The second kappa shape index (κ2) is 6.06. The monoisotopic (exact) mass is 347 g/mol. The first-order chi connectivity index (χ1) is 11.0. The summed E-state index contributed by atoms with van der Waals surface area (Å²) in [5, 5.41) is 4.52. The van der Waals surface area contributed by atoms with Crippen molar-refractivity contribution in [2.75, 3.05) is 4.72 Å². The Morgan fingerprint density at radius 2 is 1.83 bits per heavy atom. The Balaban J connectivity index is 2.02. The van der Waals surface area contributed by atoms with Crippen molar-refractivity contribution in [1.82, 2.24) is 9.78 Å². The molecule has 0 amide bonds. The predicted molar refractivity (Wildman–Crippen MR) is 90.9 cm³/mol. The molecule has 3 aromatic rings. The largest absolute Gasteiger partial charge is 0.276 e. The molecular formula is C16H14ClN3O2S. The van der Waals surface area contributed by atoms with Gasteiger partial charge in [-0.2, -0.15) is 5.10 Å². The van der Waals surface area contributed by atoms with Crippen LogP contribution in [0.3, 0.4) is 0 Å². The van der Waals surface area contributed by atoms with Crippen LogP contribution in [0.4, 0.5) is 5.69 Å². The molecule has 0 fully saturated rings. The number of aromatic nitrogens is 2. The molecule has 0 aliphatic heterocycles. The lowest BCUT2D eigenvalue weighted by molar-refractivity contribution is 0.601. The van der Waals surface area contributed by atoms with Gasteiger partial charge in [-0.1, -0.05) is 48.0 Å². The smallest absolute Gasteiger partial charge is 0.262 e. The minimum atomic E-state index is -3.74. The minimum Gasteiger partial charge on any atom is -0.276 e. The van der Waals surface area contributed by atoms with Gasteiger partial charge in [0.25, 0.3) is 10.0 Å². The SMILES string of the molecule is Cn1ncc(NS(=O)(=O)c2cccc(Cl)c2)c1-c1ccccc1. The van der Waals surface area contributed by atoms with Gasteiger partial charge in [0.05, 0.1) is 22.5 Å². The van der Waals surface area contributed by atoms with Crippen molar-refractivity contribution in [3.8, 4) is 11.3 Å². The summed E-state index contributed by atoms with van der Waals surface area (Å²) in [5.74, 6) is 0. The molecule has 23 heavy (non-hydrogen) atoms. The van der Waals surface area contributed by atoms with E-state index >= 15 is 0 Å². The Labute approximate surface area is 139 Å². The van der Waals surface area contributed by atoms with Crippen LogP contribution in [0.15, 0.2) is 65.7 Å². The quantitative estimate of drug-likeness (QED) is 0.785. The third-order valence-corrected chi connectivity index (χ3v) is 4.93. The number of hydrogen-bond acceptors (Lipinski definition) is 3. The maximum atomic E-state index is 12.5. The van der Waals surface area contributed by atoms with E-state index in [1.54, 1.807) is 23.9 Å². The van der Waals surface area contributed by atoms with Crippen LogP contribution >= 0.6 is 11.6 Å². The lowest BCUT2D eigenvalue weighted by Gasteiger charge is -2.10. The molecule has 0 saturated heterocycles. The van der Waals surface area contributed by atoms with E-state index in [0.717, 1.165) is 5.56 Å². The van der Waals surface area contributed by atoms with Gasteiger partial charge in [0, 0.05) is 17.6 Å². The van der Waals surface area contributed by atoms with Crippen LogP contribution < -0.4 is 4.72 Å². The second-order valence-corrected chi connectivity index (χ2v) is 7.08. The number of sulfonamides is 1. The van der Waals surface area contributed by atoms with Crippen LogP contribution in [0.25, 0.3) is 11.3 Å². The fraction of sp³-hybridized carbons (Fsp3) is 0.0625. The van der Waals surface area contributed by atoms with Crippen LogP contribution in [-0.2, 0) is 17.1 Å². The third-order valence-electron chi connectivity index (χ3n) is 3.34. The molecule has 5 nitrogen and oxygen atoms in total. The number of nitrogens with zero attached hydrogens (tertiary/aromatic N) is 2. The molecule has 0 radical (unpaired) electrons. The van der Waals surface area contributed by atoms with Gasteiger partial charge in [-0.25, -0.2) is 8.42 Å². The number of halogens is 1. The fourth-order valence-electron chi connectivity index (χ4n) is 2.29. The first kappa shape index (κ1) is 15.6. The molecule has 0 atom stereocenters. The molecule has 7 heteroatoms. The summed E-state index contributed by atoms with van der Waals surface area (Å²) in [5.41, 5.74) is 1.98. The predicted octanol–water partition coefficient (Wildman–Crippen LogP) is 3.54. The van der Waals surface area contributed by atoms with E-state index in [0.29, 0.717) is 16.4 Å². The molecule has 0 saturated carbocycles. The standard InChI is InChI=1S/C16H14ClN3O2S/c1-20-16(12-6-3-2-4-7-12)15(11-18-20)19-23(21,22)14-9-5-8-13(17)10-14/h2-11,19H,1H3. The summed E-state index contributed by atoms with van der Waals surface area (Å²) in [7, 11) is -1.98. The second-order valence-electron chi connectivity index (χ2n) is 4.96. The first-order valence-corrected chi connectivity index (χ1v) is 8.69. The van der Waals surface area contributed by atoms with Crippen molar-refractivity contribution in [3.63, 3.8) is 0 Å². The molecule has 0 unspecified atom stereocenters. The molecular weight excluding hydrogens is 334 g/mol. The highest BCUT2D eigenvalue weighted by atomic mass is 35.5. The summed E-state index contributed by atoms with van der Waals surface area (Å²) in [4.78, 5) is 0.105. The summed E-state index contributed by atoms with van der Waals surface area (Å²) >= 11 is 5.88. The van der Waals surface area contributed by atoms with Crippen LogP contribution in [0.2, 0.25) is 5.02 Å². The van der Waals surface area contributed by atoms with Gasteiger partial charge < -0.3 is 0 Å². The maximum absolute atomic E-state index is 12.5. The van der Waals surface area contributed by atoms with E-state index in [9.17, 15) is 8.42 Å². The third kappa shape index (κ3) is 3.23. The molecule has 0 aliphatic rings. The van der Waals surface area contributed by atoms with E-state index in [1.807, 2.05) is 30.3 Å². The highest BCUT2D eigenvalue weighted by Crippen LogP contribution is 2.29. The summed E-state index contributed by atoms with van der Waals surface area (Å²) in [6, 6.07) is 15.6. The van der Waals surface area contributed by atoms with Gasteiger partial charge in [0.1, 0.15) is 0 Å². The van der Waals surface area contributed by atoms with Gasteiger partial charge in [-0.05, 0) is 18.2 Å². The molecule has 1 N–H and O–H groups in total. The number of benzene rings is 2. The number of nitrogens with one attached hydrogen (secondary N) is 1. The van der Waals surface area contributed by atoms with E-state index in [1.165, 1.54) is 18.3 Å². The zero-order valence-electron chi connectivity index (χ0n) is 12.3. The van der Waals surface area contributed by atoms with Crippen molar-refractivity contribution in [3.05, 3.63) is 65.8 Å². The summed E-state index contributed by atoms with van der Waals surface area (Å²) < 4.78 is 29.3. The molecule has 0 spiro atoms. The van der Waals surface area contributed by atoms with Gasteiger partial charge in [0.15, 0.2) is 0 Å². The van der Waals surface area contributed by atoms with Gasteiger partial charge in [0.2, 0.25) is 0 Å². The van der Waals surface area contributed by atoms with Crippen LogP contribution in [0, 0.1) is 0 Å². The van der Waals surface area contributed by atoms with Crippen molar-refractivity contribution in [2.45, 2.75) is 4.90 Å². The minimum absolute atomic E-state index is 0.105. The number of hydrogen-bond donors (Lipinski definition) is 1. The fourth-order valence-corrected chi connectivity index (χ4v) is 3.64. The van der Waals surface area contributed by atoms with E-state index < -0.39 is 10.0 Å². The van der Waals surface area contributed by atoms with Crippen LogP contribution in [0.5, 0.6) is 0 Å². The number of aryl methyl sites for hydroxylation is 1. The Bertz CT molecular complexity index is 937. The van der Waals surface area contributed by atoms with Crippen LogP contribution in [0.1, 0.15) is 0 Å². The number of anilines is 1. The maximum Gasteiger partial charge on any atom is 0.262 e. The molecule has 1 heterocycles. The normalized spacial score (nSPS) is 11.4. The molecule has 118 valence electrons. The molecule has 0 aliphatic carbocycles. The molecule has 2 aromatic carbocycles. The highest BCUT2D eigenvalue weighted by molar-refractivity contribution is 7.92. The molecule has 0 bridgehead atoms. The van der Waals surface area contributed by atoms with Crippen molar-refractivity contribution in [2.24, 2.45) is 7.05 Å². The Morgan fingerprint density at radius 3 is 2.52 bits per heavy atom. The van der Waals surface area contributed by atoms with E-state index in [2.05, 4.69) is 9.82 Å². The van der Waals surface area contributed by atoms with Crippen molar-refractivity contribution < 1.29 is 8.42 Å². The van der Waals surface area contributed by atoms with E-state index in [-0.39, 0.29) is 4.90 Å². The number of rotatable bonds is 4. The summed E-state index contributed by atoms with van der Waals surface area (Å²) in [6.45, 7) is 0. The summed E-state index contributed by atoms with van der Waals surface area (Å²) in [6.07, 6.45) is 1.49. The lowest BCUT2D eigenvalue weighted by Crippen LogP contribution is -2.13. The van der Waals surface area contributed by atoms with Gasteiger partial charge in [-0.3, -0.25) is 9.40 Å². The Morgan fingerprint density at radius 1 is 1.09 bits per heavy atom. The lowest BCUT2D eigenvalue weighted by atomic mass is 10.1. The van der Waals surface area contributed by atoms with Gasteiger partial charge >= 0.3 is 0 Å². The topological polar surface area (TPSA) is 64.0 Å². The Hall–Kier alpha value is -2.31. The first-order valence-electron chi connectivity index (χ1n) is 6.83. The average Bonchev–Trinajstić information content (AvgIpc) is 2.88. The van der Waals surface area contributed by atoms with Crippen LogP contribution in [-0.4, -0.2) is 18.2 Å². The van der Waals surface area contributed by atoms with Crippen molar-refractivity contribution in [1.29, 1.82) is 0 Å². The van der Waals surface area contributed by atoms with E-state index in [4.69, 9.17) is 11.6 Å².